The molecular formula is C10H9NO4. The van der Waals surface area contributed by atoms with Crippen LogP contribution in [-0.2, 0) is 11.2 Å². The molecule has 1 aliphatic rings. The summed E-state index contributed by atoms with van der Waals surface area (Å²) in [5.41, 5.74) is 1.54. The largest absolute Gasteiger partial charge is 0.478 e. The van der Waals surface area contributed by atoms with Crippen molar-refractivity contribution in [2.24, 2.45) is 0 Å². The minimum atomic E-state index is -1.02. The van der Waals surface area contributed by atoms with Crippen molar-refractivity contribution in [1.29, 1.82) is 0 Å². The van der Waals surface area contributed by atoms with Gasteiger partial charge in [0.25, 0.3) is 0 Å². The Bertz CT molecular complexity index is 427. The van der Waals surface area contributed by atoms with Crippen LogP contribution in [0.1, 0.15) is 15.9 Å². The first-order chi connectivity index (χ1) is 7.16. The third kappa shape index (κ3) is 1.90. The Morgan fingerprint density at radius 2 is 2.27 bits per heavy atom. The summed E-state index contributed by atoms with van der Waals surface area (Å²) >= 11 is 0. The molecule has 1 heterocycles. The third-order valence-corrected chi connectivity index (χ3v) is 2.20. The fraction of sp³-hybridized carbons (Fsp3) is 0.200. The Morgan fingerprint density at radius 1 is 1.47 bits per heavy atom. The lowest BCUT2D eigenvalue weighted by atomic mass is 10.1. The van der Waals surface area contributed by atoms with Crippen LogP contribution < -0.4 is 5.32 Å². The van der Waals surface area contributed by atoms with Crippen LogP contribution in [-0.4, -0.2) is 23.8 Å². The van der Waals surface area contributed by atoms with Crippen LogP contribution in [0.25, 0.3) is 0 Å². The van der Waals surface area contributed by atoms with E-state index in [1.165, 1.54) is 12.1 Å². The highest BCUT2D eigenvalue weighted by atomic mass is 16.5. The molecule has 0 saturated heterocycles. The summed E-state index contributed by atoms with van der Waals surface area (Å²) in [7, 11) is 0. The van der Waals surface area contributed by atoms with E-state index in [9.17, 15) is 9.59 Å². The minimum absolute atomic E-state index is 0.149. The molecule has 5 heteroatoms. The Labute approximate surface area is 85.7 Å². The molecule has 0 radical (unpaired) electrons. The van der Waals surface area contributed by atoms with Gasteiger partial charge in [0, 0.05) is 12.1 Å². The standard InChI is InChI=1S/C10H9NO4/c12-9(13)7-2-1-6-3-4-15-10(14)11-8(6)5-7/h1-2,5H,3-4H2,(H,11,14)(H,12,13). The number of nitrogens with one attached hydrogen (secondary N) is 1. The zero-order valence-electron chi connectivity index (χ0n) is 7.82. The molecule has 2 N–H and O–H groups in total. The summed E-state index contributed by atoms with van der Waals surface area (Å²) in [6, 6.07) is 4.64. The molecule has 1 aliphatic heterocycles. The lowest BCUT2D eigenvalue weighted by molar-refractivity contribution is 0.0697. The van der Waals surface area contributed by atoms with E-state index >= 15 is 0 Å². The van der Waals surface area contributed by atoms with Gasteiger partial charge in [-0.15, -0.1) is 0 Å². The summed E-state index contributed by atoms with van der Waals surface area (Å²) in [6.45, 7) is 0.311. The monoisotopic (exact) mass is 207 g/mol. The van der Waals surface area contributed by atoms with Crippen molar-refractivity contribution in [3.63, 3.8) is 0 Å². The molecule has 0 spiro atoms. The van der Waals surface area contributed by atoms with E-state index < -0.39 is 12.1 Å². The number of fused-ring (bicyclic) bond motifs is 1. The highest BCUT2D eigenvalue weighted by Crippen LogP contribution is 2.21. The number of anilines is 1. The van der Waals surface area contributed by atoms with Crippen LogP contribution in [0.2, 0.25) is 0 Å². The van der Waals surface area contributed by atoms with E-state index in [2.05, 4.69) is 5.32 Å². The fourth-order valence-electron chi connectivity index (χ4n) is 1.44. The zero-order valence-corrected chi connectivity index (χ0v) is 7.82. The predicted octanol–water partition coefficient (Wildman–Crippen LogP) is 1.49. The maximum atomic E-state index is 11.0. The second kappa shape index (κ2) is 3.61. The summed E-state index contributed by atoms with van der Waals surface area (Å²) in [5.74, 6) is -1.02. The number of aromatic carboxylic acids is 1. The van der Waals surface area contributed by atoms with Crippen molar-refractivity contribution < 1.29 is 19.4 Å². The molecule has 0 aromatic heterocycles. The van der Waals surface area contributed by atoms with Crippen molar-refractivity contribution in [2.75, 3.05) is 11.9 Å². The van der Waals surface area contributed by atoms with E-state index in [1.807, 2.05) is 0 Å². The topological polar surface area (TPSA) is 75.6 Å². The van der Waals surface area contributed by atoms with Crippen LogP contribution in [0, 0.1) is 0 Å². The van der Waals surface area contributed by atoms with Crippen LogP contribution in [0.3, 0.4) is 0 Å². The number of amides is 1. The molecule has 1 amide bonds. The van der Waals surface area contributed by atoms with E-state index in [0.717, 1.165) is 5.56 Å². The molecule has 1 aromatic carbocycles. The lowest BCUT2D eigenvalue weighted by Gasteiger charge is -2.05. The molecule has 0 bridgehead atoms. The van der Waals surface area contributed by atoms with Crippen LogP contribution >= 0.6 is 0 Å². The molecule has 0 fully saturated rings. The number of rotatable bonds is 1. The van der Waals surface area contributed by atoms with E-state index in [0.29, 0.717) is 18.7 Å². The molecule has 5 nitrogen and oxygen atoms in total. The number of carboxylic acids is 1. The van der Waals surface area contributed by atoms with Gasteiger partial charge in [-0.05, 0) is 17.7 Å². The average Bonchev–Trinajstić information content (AvgIpc) is 2.37. The number of benzene rings is 1. The number of carboxylic acid groups (broad SMARTS) is 1. The minimum Gasteiger partial charge on any atom is -0.478 e. The van der Waals surface area contributed by atoms with Gasteiger partial charge >= 0.3 is 12.1 Å². The van der Waals surface area contributed by atoms with E-state index in [1.54, 1.807) is 6.07 Å². The van der Waals surface area contributed by atoms with Gasteiger partial charge in [0.15, 0.2) is 0 Å². The predicted molar refractivity (Wildman–Crippen MR) is 52.1 cm³/mol. The number of cyclic esters (lactones) is 1. The Kier molecular flexibility index (Phi) is 2.29. The molecular weight excluding hydrogens is 198 g/mol. The summed E-state index contributed by atoms with van der Waals surface area (Å²) in [4.78, 5) is 21.8. The summed E-state index contributed by atoms with van der Waals surface area (Å²) in [5, 5.41) is 11.3. The van der Waals surface area contributed by atoms with Crippen molar-refractivity contribution in [3.05, 3.63) is 29.3 Å². The van der Waals surface area contributed by atoms with Crippen molar-refractivity contribution in [1.82, 2.24) is 0 Å². The van der Waals surface area contributed by atoms with Gasteiger partial charge in [0.1, 0.15) is 0 Å². The molecule has 0 aliphatic carbocycles. The first-order valence-corrected chi connectivity index (χ1v) is 4.47. The van der Waals surface area contributed by atoms with Crippen LogP contribution in [0.15, 0.2) is 18.2 Å². The zero-order chi connectivity index (χ0) is 10.8. The SMILES string of the molecule is O=C1Nc2cc(C(=O)O)ccc2CCO1. The normalized spacial score (nSPS) is 14.5. The number of hydrogen-bond acceptors (Lipinski definition) is 3. The molecule has 15 heavy (non-hydrogen) atoms. The quantitative estimate of drug-likeness (QED) is 0.731. The lowest BCUT2D eigenvalue weighted by Crippen LogP contribution is -2.11. The van der Waals surface area contributed by atoms with E-state index in [-0.39, 0.29) is 5.56 Å². The van der Waals surface area contributed by atoms with Gasteiger partial charge in [-0.2, -0.15) is 0 Å². The number of hydrogen-bond donors (Lipinski definition) is 2. The van der Waals surface area contributed by atoms with Crippen molar-refractivity contribution in [2.45, 2.75) is 6.42 Å². The maximum absolute atomic E-state index is 11.0. The maximum Gasteiger partial charge on any atom is 0.411 e. The van der Waals surface area contributed by atoms with Gasteiger partial charge in [0.2, 0.25) is 0 Å². The number of carbonyl (C=O) groups is 2. The second-order valence-electron chi connectivity index (χ2n) is 3.19. The third-order valence-electron chi connectivity index (χ3n) is 2.20. The van der Waals surface area contributed by atoms with Crippen LogP contribution in [0.4, 0.5) is 10.5 Å². The number of carbonyl (C=O) groups excluding carboxylic acids is 1. The van der Waals surface area contributed by atoms with E-state index in [4.69, 9.17) is 9.84 Å². The first-order valence-electron chi connectivity index (χ1n) is 4.47. The Morgan fingerprint density at radius 3 is 3.00 bits per heavy atom. The average molecular weight is 207 g/mol. The van der Waals surface area contributed by atoms with Gasteiger partial charge in [0.05, 0.1) is 12.2 Å². The molecule has 78 valence electrons. The van der Waals surface area contributed by atoms with Crippen molar-refractivity contribution >= 4 is 17.7 Å². The van der Waals surface area contributed by atoms with Gasteiger partial charge in [-0.3, -0.25) is 5.32 Å². The van der Waals surface area contributed by atoms with Gasteiger partial charge in [-0.25, -0.2) is 9.59 Å². The number of ether oxygens (including phenoxy) is 1. The van der Waals surface area contributed by atoms with Gasteiger partial charge in [-0.1, -0.05) is 6.07 Å². The Balaban J connectivity index is 2.41. The summed E-state index contributed by atoms with van der Waals surface area (Å²) < 4.78 is 4.79. The second-order valence-corrected chi connectivity index (χ2v) is 3.19. The molecule has 2 rings (SSSR count). The summed E-state index contributed by atoms with van der Waals surface area (Å²) in [6.07, 6.45) is 0.0461. The smallest absolute Gasteiger partial charge is 0.411 e. The highest BCUT2D eigenvalue weighted by molar-refractivity contribution is 5.92. The fourth-order valence-corrected chi connectivity index (χ4v) is 1.44. The molecule has 0 saturated carbocycles. The Hall–Kier alpha value is -2.04. The molecule has 0 atom stereocenters. The first kappa shape index (κ1) is 9.51. The molecule has 0 unspecified atom stereocenters. The van der Waals surface area contributed by atoms with Gasteiger partial charge < -0.3 is 9.84 Å². The highest BCUT2D eigenvalue weighted by Gasteiger charge is 2.15. The molecule has 1 aromatic rings. The van der Waals surface area contributed by atoms with Crippen LogP contribution in [0.5, 0.6) is 0 Å². The van der Waals surface area contributed by atoms with Crippen molar-refractivity contribution in [3.8, 4) is 0 Å².